The summed E-state index contributed by atoms with van der Waals surface area (Å²) >= 11 is 0. The van der Waals surface area contributed by atoms with E-state index in [-0.39, 0.29) is 12.0 Å². The van der Waals surface area contributed by atoms with Crippen LogP contribution in [0.4, 0.5) is 0 Å². The minimum absolute atomic E-state index is 0.0167. The fourth-order valence-corrected chi connectivity index (χ4v) is 2.92. The van der Waals surface area contributed by atoms with Gasteiger partial charge in [0.05, 0.1) is 0 Å². The van der Waals surface area contributed by atoms with Crippen LogP contribution in [0.5, 0.6) is 0 Å². The highest BCUT2D eigenvalue weighted by molar-refractivity contribution is 5.81. The maximum absolute atomic E-state index is 8.79. The van der Waals surface area contributed by atoms with Crippen molar-refractivity contribution in [3.8, 4) is 23.0 Å². The van der Waals surface area contributed by atoms with E-state index >= 15 is 0 Å². The van der Waals surface area contributed by atoms with Crippen LogP contribution in [-0.2, 0) is 5.41 Å². The molecule has 0 unspecified atom stereocenters. The van der Waals surface area contributed by atoms with Crippen LogP contribution < -0.4 is 0 Å². The van der Waals surface area contributed by atoms with E-state index in [1.165, 1.54) is 22.3 Å². The van der Waals surface area contributed by atoms with E-state index in [2.05, 4.69) is 62.1 Å². The number of hydrogen-bond acceptors (Lipinski definition) is 1. The monoisotopic (exact) mass is 248 g/mol. The fourth-order valence-electron chi connectivity index (χ4n) is 2.92. The van der Waals surface area contributed by atoms with Crippen LogP contribution in [0.25, 0.3) is 11.1 Å². The fraction of sp³-hybridized carbons (Fsp3) is 0.222. The maximum Gasteiger partial charge on any atom is 0.104 e. The largest absolute Gasteiger partial charge is 0.384 e. The van der Waals surface area contributed by atoms with E-state index in [0.29, 0.717) is 0 Å². The normalized spacial score (nSPS) is 14.3. The summed E-state index contributed by atoms with van der Waals surface area (Å²) in [7, 11) is 0. The Morgan fingerprint density at radius 3 is 2.53 bits per heavy atom. The van der Waals surface area contributed by atoms with Crippen molar-refractivity contribution in [3.05, 3.63) is 59.2 Å². The molecule has 1 heteroatoms. The van der Waals surface area contributed by atoms with Gasteiger partial charge in [-0.2, -0.15) is 0 Å². The van der Waals surface area contributed by atoms with Crippen molar-refractivity contribution in [2.24, 2.45) is 0 Å². The number of hydrogen-bond donors (Lipinski definition) is 1. The smallest absolute Gasteiger partial charge is 0.104 e. The molecule has 0 amide bonds. The SMILES string of the molecule is CC1(C)c2ccccc2-c2ccc(C#CCO)cc21. The molecular weight excluding hydrogens is 232 g/mol. The Hall–Kier alpha value is -2.04. The zero-order valence-electron chi connectivity index (χ0n) is 11.2. The Morgan fingerprint density at radius 2 is 1.74 bits per heavy atom. The molecule has 3 rings (SSSR count). The molecule has 1 aliphatic carbocycles. The van der Waals surface area contributed by atoms with Gasteiger partial charge in [0.2, 0.25) is 0 Å². The maximum atomic E-state index is 8.79. The van der Waals surface area contributed by atoms with Gasteiger partial charge in [-0.25, -0.2) is 0 Å². The van der Waals surface area contributed by atoms with Crippen molar-refractivity contribution in [1.82, 2.24) is 0 Å². The average molecular weight is 248 g/mol. The van der Waals surface area contributed by atoms with Gasteiger partial charge in [0.1, 0.15) is 6.61 Å². The summed E-state index contributed by atoms with van der Waals surface area (Å²) in [6.07, 6.45) is 0. The minimum Gasteiger partial charge on any atom is -0.384 e. The molecule has 1 N–H and O–H groups in total. The van der Waals surface area contributed by atoms with Gasteiger partial charge < -0.3 is 5.11 Å². The van der Waals surface area contributed by atoms with E-state index in [0.717, 1.165) is 5.56 Å². The third kappa shape index (κ3) is 1.77. The highest BCUT2D eigenvalue weighted by Gasteiger charge is 2.34. The number of aliphatic hydroxyl groups excluding tert-OH is 1. The highest BCUT2D eigenvalue weighted by Crippen LogP contribution is 2.48. The average Bonchev–Trinajstić information content (AvgIpc) is 2.66. The predicted octanol–water partition coefficient (Wildman–Crippen LogP) is 3.34. The predicted molar refractivity (Wildman–Crippen MR) is 78.0 cm³/mol. The molecule has 0 atom stereocenters. The third-order valence-corrected chi connectivity index (χ3v) is 3.90. The molecule has 19 heavy (non-hydrogen) atoms. The van der Waals surface area contributed by atoms with Gasteiger partial charge in [-0.1, -0.05) is 56.0 Å². The van der Waals surface area contributed by atoms with Crippen LogP contribution in [0.15, 0.2) is 42.5 Å². The van der Waals surface area contributed by atoms with Crippen LogP contribution in [0, 0.1) is 11.8 Å². The summed E-state index contributed by atoms with van der Waals surface area (Å²) in [5.41, 5.74) is 6.30. The molecule has 0 radical (unpaired) electrons. The van der Waals surface area contributed by atoms with Crippen LogP contribution in [0.2, 0.25) is 0 Å². The molecule has 0 bridgehead atoms. The molecule has 1 nitrogen and oxygen atoms in total. The van der Waals surface area contributed by atoms with E-state index in [4.69, 9.17) is 5.11 Å². The van der Waals surface area contributed by atoms with Crippen LogP contribution in [-0.4, -0.2) is 11.7 Å². The van der Waals surface area contributed by atoms with E-state index < -0.39 is 0 Å². The first-order chi connectivity index (χ1) is 9.14. The number of fused-ring (bicyclic) bond motifs is 3. The van der Waals surface area contributed by atoms with Gasteiger partial charge >= 0.3 is 0 Å². The quantitative estimate of drug-likeness (QED) is 0.709. The lowest BCUT2D eigenvalue weighted by molar-refractivity contribution is 0.350. The van der Waals surface area contributed by atoms with E-state index in [1.807, 2.05) is 6.07 Å². The van der Waals surface area contributed by atoms with Crippen molar-refractivity contribution in [3.63, 3.8) is 0 Å². The second kappa shape index (κ2) is 4.26. The Bertz CT molecular complexity index is 699. The number of aliphatic hydroxyl groups is 1. The summed E-state index contributed by atoms with van der Waals surface area (Å²) in [4.78, 5) is 0. The van der Waals surface area contributed by atoms with E-state index in [9.17, 15) is 0 Å². The van der Waals surface area contributed by atoms with Crippen molar-refractivity contribution in [2.75, 3.05) is 6.61 Å². The zero-order valence-corrected chi connectivity index (χ0v) is 11.2. The van der Waals surface area contributed by atoms with Crippen molar-refractivity contribution >= 4 is 0 Å². The molecule has 0 fully saturated rings. The van der Waals surface area contributed by atoms with Crippen LogP contribution in [0.1, 0.15) is 30.5 Å². The van der Waals surface area contributed by atoms with Gasteiger partial charge in [0, 0.05) is 11.0 Å². The molecule has 94 valence electrons. The molecule has 0 aromatic heterocycles. The van der Waals surface area contributed by atoms with Gasteiger partial charge in [0.15, 0.2) is 0 Å². The molecule has 0 saturated carbocycles. The Labute approximate surface area is 113 Å². The van der Waals surface area contributed by atoms with Gasteiger partial charge in [-0.05, 0) is 34.4 Å². The summed E-state index contributed by atoms with van der Waals surface area (Å²) in [6.45, 7) is 4.41. The first-order valence-electron chi connectivity index (χ1n) is 6.49. The molecule has 0 saturated heterocycles. The summed E-state index contributed by atoms with van der Waals surface area (Å²) in [6, 6.07) is 14.9. The molecule has 2 aromatic rings. The molecule has 0 aliphatic heterocycles. The molecule has 2 aromatic carbocycles. The molecular formula is C18H16O. The molecule has 1 aliphatic rings. The van der Waals surface area contributed by atoms with Gasteiger partial charge in [0.25, 0.3) is 0 Å². The first-order valence-corrected chi connectivity index (χ1v) is 6.49. The summed E-state index contributed by atoms with van der Waals surface area (Å²) in [5, 5.41) is 8.79. The van der Waals surface area contributed by atoms with Crippen molar-refractivity contribution < 1.29 is 5.11 Å². The van der Waals surface area contributed by atoms with Gasteiger partial charge in [-0.15, -0.1) is 0 Å². The molecule has 0 spiro atoms. The number of rotatable bonds is 0. The van der Waals surface area contributed by atoms with Crippen LogP contribution in [0.3, 0.4) is 0 Å². The third-order valence-electron chi connectivity index (χ3n) is 3.90. The summed E-state index contributed by atoms with van der Waals surface area (Å²) < 4.78 is 0. The standard InChI is InChI=1S/C18H16O/c1-18(2)16-8-4-3-7-14(16)15-10-9-13(6-5-11-19)12-17(15)18/h3-4,7-10,12,19H,11H2,1-2H3. The van der Waals surface area contributed by atoms with Crippen LogP contribution >= 0.6 is 0 Å². The van der Waals surface area contributed by atoms with E-state index in [1.54, 1.807) is 0 Å². The van der Waals surface area contributed by atoms with Crippen molar-refractivity contribution in [1.29, 1.82) is 0 Å². The summed E-state index contributed by atoms with van der Waals surface area (Å²) in [5.74, 6) is 5.70. The second-order valence-electron chi connectivity index (χ2n) is 5.39. The lowest BCUT2D eigenvalue weighted by atomic mass is 9.82. The second-order valence-corrected chi connectivity index (χ2v) is 5.39. The highest BCUT2D eigenvalue weighted by atomic mass is 16.2. The Morgan fingerprint density at radius 1 is 1.00 bits per heavy atom. The molecule has 0 heterocycles. The number of benzene rings is 2. The van der Waals surface area contributed by atoms with Gasteiger partial charge in [-0.3, -0.25) is 0 Å². The first kappa shape index (κ1) is 12.0. The Kier molecular flexibility index (Phi) is 2.69. The minimum atomic E-state index is -0.0965. The zero-order chi connectivity index (χ0) is 13.5. The van der Waals surface area contributed by atoms with Crippen molar-refractivity contribution in [2.45, 2.75) is 19.3 Å². The topological polar surface area (TPSA) is 20.2 Å². The Balaban J connectivity index is 2.21. The lowest BCUT2D eigenvalue weighted by Crippen LogP contribution is -2.14. The lowest BCUT2D eigenvalue weighted by Gasteiger charge is -2.21.